The van der Waals surface area contributed by atoms with Crippen molar-refractivity contribution in [3.63, 3.8) is 0 Å². The average molecular weight is 396 g/mol. The van der Waals surface area contributed by atoms with Crippen molar-refractivity contribution in [3.8, 4) is 5.75 Å². The first kappa shape index (κ1) is 22.4. The summed E-state index contributed by atoms with van der Waals surface area (Å²) < 4.78 is 19.0. The molecule has 3 N–H and O–H groups in total. The maximum Gasteiger partial charge on any atom is 0.262 e. The van der Waals surface area contributed by atoms with Crippen LogP contribution in [0.4, 0.5) is 10.1 Å². The highest BCUT2D eigenvalue weighted by molar-refractivity contribution is 5.97. The fourth-order valence-corrected chi connectivity index (χ4v) is 2.12. The van der Waals surface area contributed by atoms with Crippen LogP contribution < -0.4 is 20.7 Å². The van der Waals surface area contributed by atoms with Gasteiger partial charge in [0.1, 0.15) is 11.6 Å². The number of amides is 2. The molecule has 0 aromatic heterocycles. The SMILES string of the molecule is CNC(C)CNC(=O)c1ccccc1OCC(=O)Nc1ccccc1F.Cl. The summed E-state index contributed by atoms with van der Waals surface area (Å²) in [5.41, 5.74) is 0.405. The molecule has 0 aliphatic carbocycles. The lowest BCUT2D eigenvalue weighted by Crippen LogP contribution is -2.37. The molecule has 0 radical (unpaired) electrons. The van der Waals surface area contributed by atoms with Gasteiger partial charge in [-0.2, -0.15) is 0 Å². The number of halogens is 2. The van der Waals surface area contributed by atoms with Crippen LogP contribution in [0.5, 0.6) is 5.75 Å². The van der Waals surface area contributed by atoms with Crippen molar-refractivity contribution in [2.24, 2.45) is 0 Å². The third-order valence-corrected chi connectivity index (χ3v) is 3.70. The number of ether oxygens (including phenoxy) is 1. The normalized spacial score (nSPS) is 11.1. The van der Waals surface area contributed by atoms with Gasteiger partial charge in [0.15, 0.2) is 6.61 Å². The van der Waals surface area contributed by atoms with E-state index in [1.807, 2.05) is 14.0 Å². The van der Waals surface area contributed by atoms with Crippen LogP contribution in [0.3, 0.4) is 0 Å². The number of anilines is 1. The molecular formula is C19H23ClFN3O3. The lowest BCUT2D eigenvalue weighted by molar-refractivity contribution is -0.118. The zero-order valence-corrected chi connectivity index (χ0v) is 15.9. The summed E-state index contributed by atoms with van der Waals surface area (Å²) in [7, 11) is 1.81. The smallest absolute Gasteiger partial charge is 0.262 e. The zero-order chi connectivity index (χ0) is 18.9. The molecule has 2 aromatic rings. The maximum absolute atomic E-state index is 13.5. The van der Waals surface area contributed by atoms with Gasteiger partial charge in [-0.05, 0) is 38.2 Å². The first-order valence-electron chi connectivity index (χ1n) is 8.23. The van der Waals surface area contributed by atoms with Crippen molar-refractivity contribution in [2.45, 2.75) is 13.0 Å². The Labute approximate surface area is 163 Å². The van der Waals surface area contributed by atoms with Crippen LogP contribution in [-0.2, 0) is 4.79 Å². The molecule has 2 aromatic carbocycles. The summed E-state index contributed by atoms with van der Waals surface area (Å²) in [4.78, 5) is 24.3. The molecule has 2 amide bonds. The number of benzene rings is 2. The average Bonchev–Trinajstić information content (AvgIpc) is 2.66. The molecule has 2 rings (SSSR count). The fourth-order valence-electron chi connectivity index (χ4n) is 2.12. The number of rotatable bonds is 8. The quantitative estimate of drug-likeness (QED) is 0.642. The minimum absolute atomic E-state index is 0. The Morgan fingerprint density at radius 3 is 2.48 bits per heavy atom. The van der Waals surface area contributed by atoms with Gasteiger partial charge >= 0.3 is 0 Å². The molecule has 146 valence electrons. The summed E-state index contributed by atoms with van der Waals surface area (Å²) in [6.45, 7) is 2.05. The van der Waals surface area contributed by atoms with E-state index in [-0.39, 0.29) is 42.4 Å². The van der Waals surface area contributed by atoms with Crippen molar-refractivity contribution < 1.29 is 18.7 Å². The predicted molar refractivity (Wildman–Crippen MR) is 105 cm³/mol. The highest BCUT2D eigenvalue weighted by atomic mass is 35.5. The van der Waals surface area contributed by atoms with Crippen LogP contribution in [-0.4, -0.2) is 38.1 Å². The van der Waals surface area contributed by atoms with Crippen LogP contribution in [0.1, 0.15) is 17.3 Å². The Kier molecular flexibility index (Phi) is 9.25. The summed E-state index contributed by atoms with van der Waals surface area (Å²) in [6, 6.07) is 12.6. The Bertz CT molecular complexity index is 773. The number of likely N-dealkylation sites (N-methyl/N-ethyl adjacent to an activating group) is 1. The molecule has 0 saturated carbocycles. The van der Waals surface area contributed by atoms with E-state index in [9.17, 15) is 14.0 Å². The summed E-state index contributed by atoms with van der Waals surface area (Å²) in [6.07, 6.45) is 0. The lowest BCUT2D eigenvalue weighted by atomic mass is 10.2. The van der Waals surface area contributed by atoms with Crippen LogP contribution in [0.25, 0.3) is 0 Å². The third kappa shape index (κ3) is 6.88. The van der Waals surface area contributed by atoms with Crippen LogP contribution in [0.15, 0.2) is 48.5 Å². The number of nitrogens with one attached hydrogen (secondary N) is 3. The van der Waals surface area contributed by atoms with Crippen molar-refractivity contribution >= 4 is 29.9 Å². The third-order valence-electron chi connectivity index (χ3n) is 3.70. The molecule has 6 nitrogen and oxygen atoms in total. The Balaban J connectivity index is 0.00000364. The standard InChI is InChI=1S/C19H22FN3O3.ClH/c1-13(21-2)11-22-19(25)14-7-3-6-10-17(14)26-12-18(24)23-16-9-5-4-8-15(16)20;/h3-10,13,21H,11-12H2,1-2H3,(H,22,25)(H,23,24);1H. The van der Waals surface area contributed by atoms with Crippen LogP contribution in [0.2, 0.25) is 0 Å². The Hall–Kier alpha value is -2.64. The first-order chi connectivity index (χ1) is 12.5. The molecular weight excluding hydrogens is 373 g/mol. The van der Waals surface area contributed by atoms with Gasteiger partial charge in [-0.1, -0.05) is 24.3 Å². The van der Waals surface area contributed by atoms with E-state index >= 15 is 0 Å². The van der Waals surface area contributed by atoms with Crippen molar-refractivity contribution in [1.82, 2.24) is 10.6 Å². The maximum atomic E-state index is 13.5. The minimum atomic E-state index is -0.528. The van der Waals surface area contributed by atoms with E-state index in [2.05, 4.69) is 16.0 Å². The Morgan fingerprint density at radius 1 is 1.11 bits per heavy atom. The van der Waals surface area contributed by atoms with E-state index in [1.165, 1.54) is 18.2 Å². The van der Waals surface area contributed by atoms with Crippen molar-refractivity contribution in [1.29, 1.82) is 0 Å². The molecule has 1 atom stereocenters. The predicted octanol–water partition coefficient (Wildman–Crippen LogP) is 2.60. The molecule has 8 heteroatoms. The van der Waals surface area contributed by atoms with Crippen molar-refractivity contribution in [3.05, 3.63) is 59.9 Å². The number of carbonyl (C=O) groups excluding carboxylic acids is 2. The zero-order valence-electron chi connectivity index (χ0n) is 15.1. The largest absolute Gasteiger partial charge is 0.483 e. The van der Waals surface area contributed by atoms with Crippen LogP contribution in [0, 0.1) is 5.82 Å². The molecule has 0 aliphatic heterocycles. The van der Waals surface area contributed by atoms with E-state index in [0.717, 1.165) is 0 Å². The van der Waals surface area contributed by atoms with Gasteiger partial charge in [-0.15, -0.1) is 12.4 Å². The highest BCUT2D eigenvalue weighted by Gasteiger charge is 2.14. The van der Waals surface area contributed by atoms with Gasteiger partial charge in [0.25, 0.3) is 11.8 Å². The van der Waals surface area contributed by atoms with E-state index in [1.54, 1.807) is 30.3 Å². The molecule has 1 unspecified atom stereocenters. The Morgan fingerprint density at radius 2 is 1.78 bits per heavy atom. The second kappa shape index (κ2) is 11.2. The van der Waals surface area contributed by atoms with Gasteiger partial charge in [0.05, 0.1) is 11.3 Å². The topological polar surface area (TPSA) is 79.5 Å². The molecule has 0 aliphatic rings. The highest BCUT2D eigenvalue weighted by Crippen LogP contribution is 2.18. The monoisotopic (exact) mass is 395 g/mol. The van der Waals surface area contributed by atoms with Gasteiger partial charge in [-0.25, -0.2) is 4.39 Å². The molecule has 0 fully saturated rings. The second-order valence-electron chi connectivity index (χ2n) is 5.71. The number of hydrogen-bond donors (Lipinski definition) is 3. The number of carbonyl (C=O) groups is 2. The first-order valence-corrected chi connectivity index (χ1v) is 8.23. The summed E-state index contributed by atoms with van der Waals surface area (Å²) in [5, 5.41) is 8.25. The lowest BCUT2D eigenvalue weighted by Gasteiger charge is -2.14. The van der Waals surface area contributed by atoms with E-state index in [0.29, 0.717) is 12.1 Å². The summed E-state index contributed by atoms with van der Waals surface area (Å²) >= 11 is 0. The van der Waals surface area contributed by atoms with Gasteiger partial charge in [-0.3, -0.25) is 9.59 Å². The fraction of sp³-hybridized carbons (Fsp3) is 0.263. The van der Waals surface area contributed by atoms with Crippen LogP contribution >= 0.6 is 12.4 Å². The molecule has 0 bridgehead atoms. The van der Waals surface area contributed by atoms with Gasteiger partial charge in [0, 0.05) is 12.6 Å². The van der Waals surface area contributed by atoms with Crippen molar-refractivity contribution in [2.75, 3.05) is 25.5 Å². The molecule has 27 heavy (non-hydrogen) atoms. The number of para-hydroxylation sites is 2. The minimum Gasteiger partial charge on any atom is -0.483 e. The van der Waals surface area contributed by atoms with Gasteiger partial charge in [0.2, 0.25) is 0 Å². The van der Waals surface area contributed by atoms with E-state index < -0.39 is 11.7 Å². The second-order valence-corrected chi connectivity index (χ2v) is 5.71. The summed E-state index contributed by atoms with van der Waals surface area (Å²) in [5.74, 6) is -1.06. The van der Waals surface area contributed by atoms with Gasteiger partial charge < -0.3 is 20.7 Å². The van der Waals surface area contributed by atoms with E-state index in [4.69, 9.17) is 4.74 Å². The number of hydrogen-bond acceptors (Lipinski definition) is 4. The molecule has 0 heterocycles. The molecule has 0 saturated heterocycles. The molecule has 0 spiro atoms.